The zero-order chi connectivity index (χ0) is 13.7. The highest BCUT2D eigenvalue weighted by Gasteiger charge is 2.38. The number of piperidine rings is 1. The smallest absolute Gasteiger partial charge is 0.234 e. The van der Waals surface area contributed by atoms with Gasteiger partial charge in [-0.2, -0.15) is 4.98 Å². The average Bonchev–Trinajstić information content (AvgIpc) is 2.91. The van der Waals surface area contributed by atoms with Crippen molar-refractivity contribution in [2.45, 2.75) is 58.0 Å². The van der Waals surface area contributed by atoms with Crippen molar-refractivity contribution in [2.75, 3.05) is 19.7 Å². The van der Waals surface area contributed by atoms with Crippen LogP contribution in [0.2, 0.25) is 0 Å². The van der Waals surface area contributed by atoms with Crippen LogP contribution in [0.15, 0.2) is 4.52 Å². The number of nitrogens with zero attached hydrogens (tertiary/aromatic N) is 2. The van der Waals surface area contributed by atoms with E-state index in [-0.39, 0.29) is 11.5 Å². The Kier molecular flexibility index (Phi) is 4.93. The van der Waals surface area contributed by atoms with Crippen LogP contribution in [-0.4, -0.2) is 29.8 Å². The van der Waals surface area contributed by atoms with Gasteiger partial charge in [-0.3, -0.25) is 0 Å². The Morgan fingerprint density at radius 1 is 1.47 bits per heavy atom. The molecule has 2 heterocycles. The SMILES string of the molecule is CCCC1(c2nc(C(C)OCC)no2)CCCNC1. The second-order valence-electron chi connectivity index (χ2n) is 5.37. The van der Waals surface area contributed by atoms with Gasteiger partial charge in [-0.15, -0.1) is 0 Å². The molecule has 1 saturated heterocycles. The molecule has 1 aromatic heterocycles. The third kappa shape index (κ3) is 3.15. The Morgan fingerprint density at radius 2 is 2.32 bits per heavy atom. The Bertz CT molecular complexity index is 380. The van der Waals surface area contributed by atoms with Gasteiger partial charge in [-0.1, -0.05) is 18.5 Å². The molecular weight excluding hydrogens is 242 g/mol. The first kappa shape index (κ1) is 14.5. The van der Waals surface area contributed by atoms with Crippen LogP contribution in [0.5, 0.6) is 0 Å². The lowest BCUT2D eigenvalue weighted by Crippen LogP contribution is -2.43. The van der Waals surface area contributed by atoms with E-state index in [0.29, 0.717) is 12.4 Å². The van der Waals surface area contributed by atoms with Crippen LogP contribution >= 0.6 is 0 Å². The highest BCUT2D eigenvalue weighted by molar-refractivity contribution is 5.09. The molecule has 1 N–H and O–H groups in total. The number of aromatic nitrogens is 2. The van der Waals surface area contributed by atoms with Crippen LogP contribution in [0.3, 0.4) is 0 Å². The lowest BCUT2D eigenvalue weighted by atomic mass is 9.77. The molecule has 0 amide bonds. The third-order valence-electron chi connectivity index (χ3n) is 3.88. The Morgan fingerprint density at radius 3 is 2.95 bits per heavy atom. The highest BCUT2D eigenvalue weighted by atomic mass is 16.5. The molecule has 108 valence electrons. The minimum absolute atomic E-state index is 0.0180. The van der Waals surface area contributed by atoms with Crippen molar-refractivity contribution in [3.63, 3.8) is 0 Å². The third-order valence-corrected chi connectivity index (χ3v) is 3.88. The van der Waals surface area contributed by atoms with Gasteiger partial charge in [0.05, 0.1) is 5.41 Å². The van der Waals surface area contributed by atoms with Crippen LogP contribution in [0.25, 0.3) is 0 Å². The fourth-order valence-electron chi connectivity index (χ4n) is 2.89. The Hall–Kier alpha value is -0.940. The van der Waals surface area contributed by atoms with Crippen molar-refractivity contribution < 1.29 is 9.26 Å². The Balaban J connectivity index is 2.18. The fourth-order valence-corrected chi connectivity index (χ4v) is 2.89. The number of nitrogens with one attached hydrogen (secondary N) is 1. The van der Waals surface area contributed by atoms with Gasteiger partial charge in [0.2, 0.25) is 5.89 Å². The molecule has 0 bridgehead atoms. The molecule has 1 fully saturated rings. The number of rotatable bonds is 6. The van der Waals surface area contributed by atoms with Crippen molar-refractivity contribution in [1.29, 1.82) is 0 Å². The van der Waals surface area contributed by atoms with Gasteiger partial charge in [0.1, 0.15) is 6.10 Å². The van der Waals surface area contributed by atoms with Crippen molar-refractivity contribution in [1.82, 2.24) is 15.5 Å². The molecule has 5 nitrogen and oxygen atoms in total. The molecule has 0 radical (unpaired) electrons. The van der Waals surface area contributed by atoms with Gasteiger partial charge in [0.15, 0.2) is 5.82 Å². The zero-order valence-electron chi connectivity index (χ0n) is 12.2. The summed E-state index contributed by atoms with van der Waals surface area (Å²) in [4.78, 5) is 4.60. The molecular formula is C14H25N3O2. The molecule has 2 atom stereocenters. The molecule has 0 aromatic carbocycles. The molecule has 1 aliphatic heterocycles. The van der Waals surface area contributed by atoms with E-state index in [2.05, 4.69) is 22.4 Å². The predicted octanol–water partition coefficient (Wildman–Crippen LogP) is 2.59. The number of hydrogen-bond donors (Lipinski definition) is 1. The van der Waals surface area contributed by atoms with Gasteiger partial charge in [0, 0.05) is 13.2 Å². The summed E-state index contributed by atoms with van der Waals surface area (Å²) in [6.07, 6.45) is 4.40. The summed E-state index contributed by atoms with van der Waals surface area (Å²) < 4.78 is 11.1. The van der Waals surface area contributed by atoms with E-state index in [1.165, 1.54) is 6.42 Å². The van der Waals surface area contributed by atoms with Crippen LogP contribution in [0.4, 0.5) is 0 Å². The first-order valence-electron chi connectivity index (χ1n) is 7.38. The van der Waals surface area contributed by atoms with E-state index in [4.69, 9.17) is 9.26 Å². The normalized spacial score (nSPS) is 25.4. The van der Waals surface area contributed by atoms with Crippen molar-refractivity contribution >= 4 is 0 Å². The predicted molar refractivity (Wildman–Crippen MR) is 73.0 cm³/mol. The standard InChI is InChI=1S/C14H25N3O2/c1-4-7-14(8-6-9-15-10-14)13-16-12(17-19-13)11(3)18-5-2/h11,15H,4-10H2,1-3H3. The average molecular weight is 267 g/mol. The van der Waals surface area contributed by atoms with Crippen molar-refractivity contribution in [3.8, 4) is 0 Å². The minimum Gasteiger partial charge on any atom is -0.371 e. The second-order valence-corrected chi connectivity index (χ2v) is 5.37. The molecule has 1 aliphatic rings. The fraction of sp³-hybridized carbons (Fsp3) is 0.857. The first-order valence-corrected chi connectivity index (χ1v) is 7.38. The van der Waals surface area contributed by atoms with Gasteiger partial charge in [0.25, 0.3) is 0 Å². The lowest BCUT2D eigenvalue weighted by molar-refractivity contribution is 0.0683. The van der Waals surface area contributed by atoms with E-state index in [1.807, 2.05) is 13.8 Å². The quantitative estimate of drug-likeness (QED) is 0.858. The summed E-state index contributed by atoms with van der Waals surface area (Å²) in [6, 6.07) is 0. The van der Waals surface area contributed by atoms with Crippen molar-refractivity contribution in [2.24, 2.45) is 0 Å². The summed E-state index contributed by atoms with van der Waals surface area (Å²) in [5.41, 5.74) is 0.0180. The zero-order valence-corrected chi connectivity index (χ0v) is 12.2. The van der Waals surface area contributed by atoms with Crippen LogP contribution in [-0.2, 0) is 10.2 Å². The second kappa shape index (κ2) is 6.48. The van der Waals surface area contributed by atoms with Gasteiger partial charge in [-0.25, -0.2) is 0 Å². The minimum atomic E-state index is -0.0993. The number of ether oxygens (including phenoxy) is 1. The molecule has 2 rings (SSSR count). The molecule has 19 heavy (non-hydrogen) atoms. The maximum atomic E-state index is 5.55. The largest absolute Gasteiger partial charge is 0.371 e. The van der Waals surface area contributed by atoms with Crippen molar-refractivity contribution in [3.05, 3.63) is 11.7 Å². The van der Waals surface area contributed by atoms with E-state index >= 15 is 0 Å². The molecule has 0 spiro atoms. The monoisotopic (exact) mass is 267 g/mol. The number of hydrogen-bond acceptors (Lipinski definition) is 5. The summed E-state index contributed by atoms with van der Waals surface area (Å²) in [5.74, 6) is 1.45. The molecule has 5 heteroatoms. The van der Waals surface area contributed by atoms with Crippen LogP contribution < -0.4 is 5.32 Å². The van der Waals surface area contributed by atoms with E-state index in [9.17, 15) is 0 Å². The van der Waals surface area contributed by atoms with Crippen LogP contribution in [0.1, 0.15) is 64.3 Å². The van der Waals surface area contributed by atoms with Gasteiger partial charge < -0.3 is 14.6 Å². The van der Waals surface area contributed by atoms with Gasteiger partial charge >= 0.3 is 0 Å². The maximum Gasteiger partial charge on any atom is 0.234 e. The Labute approximate surface area is 115 Å². The van der Waals surface area contributed by atoms with Gasteiger partial charge in [-0.05, 0) is 39.7 Å². The first-order chi connectivity index (χ1) is 9.22. The molecule has 1 aromatic rings. The summed E-state index contributed by atoms with van der Waals surface area (Å²) in [7, 11) is 0. The maximum absolute atomic E-state index is 5.55. The molecule has 0 saturated carbocycles. The summed E-state index contributed by atoms with van der Waals surface area (Å²) >= 11 is 0. The van der Waals surface area contributed by atoms with Crippen LogP contribution in [0, 0.1) is 0 Å². The summed E-state index contributed by atoms with van der Waals surface area (Å²) in [5, 5.41) is 7.56. The molecule has 0 aliphatic carbocycles. The van der Waals surface area contributed by atoms with E-state index < -0.39 is 0 Å². The summed E-state index contributed by atoms with van der Waals surface area (Å²) in [6.45, 7) is 8.82. The highest BCUT2D eigenvalue weighted by Crippen LogP contribution is 2.35. The molecule has 2 unspecified atom stereocenters. The lowest BCUT2D eigenvalue weighted by Gasteiger charge is -2.34. The van der Waals surface area contributed by atoms with E-state index in [0.717, 1.165) is 38.2 Å². The van der Waals surface area contributed by atoms with E-state index in [1.54, 1.807) is 0 Å². The topological polar surface area (TPSA) is 60.2 Å².